The largest absolute Gasteiger partial charge is 0.320 e. The number of rotatable bonds is 4. The number of benzene rings is 2. The minimum Gasteiger partial charge on any atom is -0.320 e. The number of aryl methyl sites for hydroxylation is 1. The molecule has 0 aliphatic heterocycles. The van der Waals surface area contributed by atoms with Crippen molar-refractivity contribution in [2.45, 2.75) is 20.8 Å². The lowest BCUT2D eigenvalue weighted by Crippen LogP contribution is -2.13. The topological polar surface area (TPSA) is 57.8 Å². The number of aromatic nitrogens is 1. The number of carbonyl (C=O) groups excluding carboxylic acids is 1. The molecule has 0 atom stereocenters. The van der Waals surface area contributed by atoms with E-state index in [0.717, 1.165) is 28.2 Å². The lowest BCUT2D eigenvalue weighted by Gasteiger charge is -2.13. The minimum absolute atomic E-state index is 0.0471. The summed E-state index contributed by atoms with van der Waals surface area (Å²) in [5.41, 5.74) is 4.80. The van der Waals surface area contributed by atoms with Crippen LogP contribution in [0.2, 0.25) is 15.1 Å². The molecule has 0 fully saturated rings. The summed E-state index contributed by atoms with van der Waals surface area (Å²) in [6.07, 6.45) is 1.56. The van der Waals surface area contributed by atoms with E-state index in [4.69, 9.17) is 34.8 Å². The second-order valence-electron chi connectivity index (χ2n) is 6.77. The van der Waals surface area contributed by atoms with Gasteiger partial charge in [-0.05, 0) is 68.3 Å². The zero-order valence-corrected chi connectivity index (χ0v) is 18.8. The zero-order valence-electron chi connectivity index (χ0n) is 16.6. The first-order valence-electron chi connectivity index (χ1n) is 9.06. The molecule has 0 aliphatic rings. The second kappa shape index (κ2) is 8.97. The van der Waals surface area contributed by atoms with Gasteiger partial charge in [0.05, 0.1) is 15.7 Å². The Morgan fingerprint density at radius 2 is 1.73 bits per heavy atom. The van der Waals surface area contributed by atoms with Gasteiger partial charge in [0.1, 0.15) is 11.6 Å². The van der Waals surface area contributed by atoms with E-state index in [1.165, 1.54) is 0 Å². The summed E-state index contributed by atoms with van der Waals surface area (Å²) >= 11 is 18.4. The molecule has 1 N–H and O–H groups in total. The molecule has 0 spiro atoms. The molecule has 7 heteroatoms. The predicted molar refractivity (Wildman–Crippen MR) is 124 cm³/mol. The second-order valence-corrected chi connectivity index (χ2v) is 7.96. The van der Waals surface area contributed by atoms with E-state index < -0.39 is 5.91 Å². The van der Waals surface area contributed by atoms with Gasteiger partial charge in [-0.3, -0.25) is 4.79 Å². The van der Waals surface area contributed by atoms with Crippen LogP contribution in [0, 0.1) is 32.1 Å². The number of nitrogens with one attached hydrogen (secondary N) is 1. The van der Waals surface area contributed by atoms with Crippen LogP contribution in [0.1, 0.15) is 22.5 Å². The van der Waals surface area contributed by atoms with Crippen LogP contribution in [0.4, 0.5) is 5.69 Å². The van der Waals surface area contributed by atoms with Crippen molar-refractivity contribution >= 4 is 52.5 Å². The number of nitrogens with zero attached hydrogens (tertiary/aromatic N) is 2. The first kappa shape index (κ1) is 22.0. The predicted octanol–water partition coefficient (Wildman–Crippen LogP) is 6.91. The maximum Gasteiger partial charge on any atom is 0.266 e. The molecule has 2 aromatic carbocycles. The van der Waals surface area contributed by atoms with Crippen LogP contribution in [0.15, 0.2) is 48.0 Å². The average Bonchev–Trinajstić information content (AvgIpc) is 2.98. The van der Waals surface area contributed by atoms with Crippen molar-refractivity contribution < 1.29 is 4.79 Å². The molecule has 30 heavy (non-hydrogen) atoms. The van der Waals surface area contributed by atoms with Crippen LogP contribution in [0.5, 0.6) is 0 Å². The highest BCUT2D eigenvalue weighted by atomic mass is 35.5. The lowest BCUT2D eigenvalue weighted by atomic mass is 10.1. The van der Waals surface area contributed by atoms with E-state index in [1.807, 2.05) is 55.7 Å². The Labute approximate surface area is 190 Å². The fourth-order valence-corrected chi connectivity index (χ4v) is 3.75. The van der Waals surface area contributed by atoms with Crippen molar-refractivity contribution in [2.24, 2.45) is 0 Å². The number of halogens is 3. The van der Waals surface area contributed by atoms with Crippen molar-refractivity contribution in [1.29, 1.82) is 5.26 Å². The molecule has 4 nitrogen and oxygen atoms in total. The SMILES string of the molecule is Cc1c(Cl)cccc1-n1c(C)cc(/C=C(/C#N)C(=O)Nc2cccc(Cl)c2Cl)c1C. The Morgan fingerprint density at radius 1 is 1.07 bits per heavy atom. The monoisotopic (exact) mass is 457 g/mol. The summed E-state index contributed by atoms with van der Waals surface area (Å²) in [5.74, 6) is -0.564. The molecule has 3 aromatic rings. The van der Waals surface area contributed by atoms with E-state index in [-0.39, 0.29) is 10.6 Å². The van der Waals surface area contributed by atoms with Crippen LogP contribution in [0.3, 0.4) is 0 Å². The Bertz CT molecular complexity index is 1220. The number of carbonyl (C=O) groups is 1. The Morgan fingerprint density at radius 3 is 2.43 bits per heavy atom. The summed E-state index contributed by atoms with van der Waals surface area (Å²) < 4.78 is 2.05. The van der Waals surface area contributed by atoms with Gasteiger partial charge in [-0.25, -0.2) is 0 Å². The highest BCUT2D eigenvalue weighted by molar-refractivity contribution is 6.44. The Hall–Kier alpha value is -2.71. The minimum atomic E-state index is -0.564. The lowest BCUT2D eigenvalue weighted by molar-refractivity contribution is -0.112. The Kier molecular flexibility index (Phi) is 6.58. The van der Waals surface area contributed by atoms with Crippen molar-refractivity contribution in [3.8, 4) is 11.8 Å². The number of anilines is 1. The van der Waals surface area contributed by atoms with Gasteiger partial charge >= 0.3 is 0 Å². The first-order valence-corrected chi connectivity index (χ1v) is 10.2. The van der Waals surface area contributed by atoms with E-state index >= 15 is 0 Å². The molecule has 3 rings (SSSR count). The molecular weight excluding hydrogens is 441 g/mol. The van der Waals surface area contributed by atoms with Gasteiger partial charge in [-0.2, -0.15) is 5.26 Å². The van der Waals surface area contributed by atoms with Gasteiger partial charge in [0.25, 0.3) is 5.91 Å². The highest BCUT2D eigenvalue weighted by Gasteiger charge is 2.16. The summed E-state index contributed by atoms with van der Waals surface area (Å²) in [6, 6.07) is 14.5. The molecular formula is C23H18Cl3N3O. The number of hydrogen-bond donors (Lipinski definition) is 1. The summed E-state index contributed by atoms with van der Waals surface area (Å²) in [7, 11) is 0. The molecule has 0 unspecified atom stereocenters. The standard InChI is InChI=1S/C23H18Cl3N3O/c1-13-10-16(15(3)29(13)21-9-5-6-18(24)14(21)2)11-17(12-27)23(30)28-20-8-4-7-19(25)22(20)26/h4-11H,1-3H3,(H,28,30)/b17-11-. The van der Waals surface area contributed by atoms with Gasteiger partial charge in [0.15, 0.2) is 0 Å². The third-order valence-electron chi connectivity index (χ3n) is 4.81. The van der Waals surface area contributed by atoms with E-state index in [0.29, 0.717) is 15.7 Å². The first-order chi connectivity index (χ1) is 14.2. The highest BCUT2D eigenvalue weighted by Crippen LogP contribution is 2.31. The normalized spacial score (nSPS) is 11.3. The van der Waals surface area contributed by atoms with Gasteiger partial charge in [-0.15, -0.1) is 0 Å². The number of nitriles is 1. The third kappa shape index (κ3) is 4.24. The van der Waals surface area contributed by atoms with Crippen LogP contribution in [-0.2, 0) is 4.79 Å². The van der Waals surface area contributed by atoms with Crippen molar-refractivity contribution in [2.75, 3.05) is 5.32 Å². The molecule has 0 bridgehead atoms. The quantitative estimate of drug-likeness (QED) is 0.341. The molecule has 1 amide bonds. The molecule has 0 saturated carbocycles. The zero-order chi connectivity index (χ0) is 22.0. The number of hydrogen-bond acceptors (Lipinski definition) is 2. The van der Waals surface area contributed by atoms with Crippen LogP contribution >= 0.6 is 34.8 Å². The summed E-state index contributed by atoms with van der Waals surface area (Å²) in [6.45, 7) is 5.84. The molecule has 0 radical (unpaired) electrons. The van der Waals surface area contributed by atoms with Crippen LogP contribution < -0.4 is 5.32 Å². The van der Waals surface area contributed by atoms with Gasteiger partial charge in [-0.1, -0.05) is 46.9 Å². The third-order valence-corrected chi connectivity index (χ3v) is 6.04. The van der Waals surface area contributed by atoms with Gasteiger partial charge in [0.2, 0.25) is 0 Å². The maximum absolute atomic E-state index is 12.7. The molecule has 152 valence electrons. The van der Waals surface area contributed by atoms with Gasteiger partial charge in [0, 0.05) is 22.1 Å². The van der Waals surface area contributed by atoms with E-state index in [2.05, 4.69) is 5.32 Å². The number of amides is 1. The molecule has 1 heterocycles. The van der Waals surface area contributed by atoms with E-state index in [9.17, 15) is 10.1 Å². The fourth-order valence-electron chi connectivity index (χ4n) is 3.24. The average molecular weight is 459 g/mol. The molecule has 1 aromatic heterocycles. The van der Waals surface area contributed by atoms with Crippen LogP contribution in [-0.4, -0.2) is 10.5 Å². The molecule has 0 aliphatic carbocycles. The van der Waals surface area contributed by atoms with Gasteiger partial charge < -0.3 is 9.88 Å². The Balaban J connectivity index is 1.99. The maximum atomic E-state index is 12.7. The van der Waals surface area contributed by atoms with Crippen molar-refractivity contribution in [3.05, 3.63) is 85.6 Å². The molecule has 0 saturated heterocycles. The van der Waals surface area contributed by atoms with E-state index in [1.54, 1.807) is 24.3 Å². The fraction of sp³-hybridized carbons (Fsp3) is 0.130. The van der Waals surface area contributed by atoms with Crippen LogP contribution in [0.25, 0.3) is 11.8 Å². The summed E-state index contributed by atoms with van der Waals surface area (Å²) in [4.78, 5) is 12.7. The van der Waals surface area contributed by atoms with Crippen molar-refractivity contribution in [3.63, 3.8) is 0 Å². The summed E-state index contributed by atoms with van der Waals surface area (Å²) in [5, 5.41) is 13.4. The smallest absolute Gasteiger partial charge is 0.266 e. The van der Waals surface area contributed by atoms with Crippen molar-refractivity contribution in [1.82, 2.24) is 4.57 Å².